The van der Waals surface area contributed by atoms with Crippen molar-refractivity contribution >= 4 is 23.4 Å². The molecule has 2 aromatic heterocycles. The Morgan fingerprint density at radius 2 is 1.68 bits per heavy atom. The van der Waals surface area contributed by atoms with Crippen molar-refractivity contribution in [2.75, 3.05) is 49.6 Å². The van der Waals surface area contributed by atoms with Gasteiger partial charge in [-0.3, -0.25) is 4.79 Å². The lowest BCUT2D eigenvalue weighted by Crippen LogP contribution is -2.56. The summed E-state index contributed by atoms with van der Waals surface area (Å²) in [7, 11) is 0. The second kappa shape index (κ2) is 9.77. The first-order chi connectivity index (χ1) is 16.6. The summed E-state index contributed by atoms with van der Waals surface area (Å²) in [6.45, 7) is 5.92. The average molecular weight is 459 g/mol. The van der Waals surface area contributed by atoms with Crippen LogP contribution in [-0.2, 0) is 14.9 Å². The van der Waals surface area contributed by atoms with Crippen LogP contribution in [0.3, 0.4) is 0 Å². The number of pyridine rings is 1. The summed E-state index contributed by atoms with van der Waals surface area (Å²) in [6.07, 6.45) is 3.20. The van der Waals surface area contributed by atoms with Crippen molar-refractivity contribution in [3.8, 4) is 0 Å². The van der Waals surface area contributed by atoms with Crippen LogP contribution in [0.5, 0.6) is 0 Å². The molecular weight excluding hydrogens is 428 g/mol. The van der Waals surface area contributed by atoms with Crippen molar-refractivity contribution in [3.05, 3.63) is 72.2 Å². The van der Waals surface area contributed by atoms with Crippen LogP contribution in [0.15, 0.2) is 60.8 Å². The molecular formula is C26H30N6O2. The summed E-state index contributed by atoms with van der Waals surface area (Å²) < 4.78 is 5.62. The number of benzene rings is 1. The molecule has 1 amide bonds. The predicted octanol–water partition coefficient (Wildman–Crippen LogP) is 3.32. The van der Waals surface area contributed by atoms with Crippen LogP contribution >= 0.6 is 0 Å². The fraction of sp³-hybridized carbons (Fsp3) is 0.385. The van der Waals surface area contributed by atoms with E-state index in [9.17, 15) is 4.79 Å². The number of carbonyl (C=O) groups is 1. The molecule has 0 unspecified atom stereocenters. The molecule has 0 aliphatic carbocycles. The van der Waals surface area contributed by atoms with Gasteiger partial charge in [0.1, 0.15) is 23.3 Å². The maximum atomic E-state index is 13.8. The number of aryl methyl sites for hydroxylation is 1. The lowest BCUT2D eigenvalue weighted by Gasteiger charge is -2.43. The molecule has 176 valence electrons. The van der Waals surface area contributed by atoms with Crippen LogP contribution in [0.25, 0.3) is 0 Å². The van der Waals surface area contributed by atoms with E-state index < -0.39 is 5.41 Å². The van der Waals surface area contributed by atoms with Crippen molar-refractivity contribution in [1.29, 1.82) is 0 Å². The third-order valence-corrected chi connectivity index (χ3v) is 6.72. The second-order valence-electron chi connectivity index (χ2n) is 8.84. The zero-order valence-corrected chi connectivity index (χ0v) is 19.5. The maximum Gasteiger partial charge on any atom is 0.233 e. The summed E-state index contributed by atoms with van der Waals surface area (Å²) in [5.74, 6) is 3.23. The van der Waals surface area contributed by atoms with E-state index in [0.717, 1.165) is 43.1 Å². The molecule has 3 aromatic rings. The molecule has 5 rings (SSSR count). The monoisotopic (exact) mass is 458 g/mol. The second-order valence-corrected chi connectivity index (χ2v) is 8.84. The number of nitrogens with one attached hydrogen (secondary N) is 1. The third-order valence-electron chi connectivity index (χ3n) is 6.72. The lowest BCUT2D eigenvalue weighted by molar-refractivity contribution is -0.141. The predicted molar refractivity (Wildman–Crippen MR) is 131 cm³/mol. The quantitative estimate of drug-likeness (QED) is 0.628. The van der Waals surface area contributed by atoms with Gasteiger partial charge in [0.2, 0.25) is 5.91 Å². The molecule has 0 spiro atoms. The van der Waals surface area contributed by atoms with E-state index in [1.165, 1.54) is 0 Å². The fourth-order valence-electron chi connectivity index (χ4n) is 4.89. The molecule has 34 heavy (non-hydrogen) atoms. The van der Waals surface area contributed by atoms with Crippen LogP contribution in [0.2, 0.25) is 0 Å². The van der Waals surface area contributed by atoms with Crippen molar-refractivity contribution in [2.45, 2.75) is 25.2 Å². The first-order valence-electron chi connectivity index (χ1n) is 11.9. The number of hydrogen-bond donors (Lipinski definition) is 1. The summed E-state index contributed by atoms with van der Waals surface area (Å²) in [4.78, 5) is 31.6. The Balaban J connectivity index is 1.29. The minimum Gasteiger partial charge on any atom is -0.381 e. The van der Waals surface area contributed by atoms with Crippen molar-refractivity contribution in [2.24, 2.45) is 0 Å². The van der Waals surface area contributed by atoms with Crippen LogP contribution in [0.4, 0.5) is 17.5 Å². The van der Waals surface area contributed by atoms with Gasteiger partial charge in [0, 0.05) is 51.7 Å². The Labute approximate surface area is 200 Å². The summed E-state index contributed by atoms with van der Waals surface area (Å²) in [5.41, 5.74) is 0.606. The van der Waals surface area contributed by atoms with Crippen LogP contribution in [0, 0.1) is 6.92 Å². The lowest BCUT2D eigenvalue weighted by atomic mass is 9.73. The molecule has 2 saturated heterocycles. The zero-order chi connectivity index (χ0) is 23.4. The molecule has 0 radical (unpaired) electrons. The number of rotatable bonds is 5. The molecule has 2 aliphatic rings. The van der Waals surface area contributed by atoms with E-state index in [1.54, 1.807) is 6.20 Å². The molecule has 4 heterocycles. The van der Waals surface area contributed by atoms with E-state index >= 15 is 0 Å². The Morgan fingerprint density at radius 1 is 0.941 bits per heavy atom. The highest BCUT2D eigenvalue weighted by molar-refractivity contribution is 5.88. The molecule has 2 fully saturated rings. The number of amides is 1. The van der Waals surface area contributed by atoms with E-state index in [0.29, 0.717) is 37.9 Å². The topological polar surface area (TPSA) is 83.5 Å². The first kappa shape index (κ1) is 22.3. The minimum atomic E-state index is -0.493. The Kier molecular flexibility index (Phi) is 6.40. The van der Waals surface area contributed by atoms with Crippen LogP contribution < -0.4 is 10.2 Å². The van der Waals surface area contributed by atoms with Gasteiger partial charge >= 0.3 is 0 Å². The van der Waals surface area contributed by atoms with Crippen molar-refractivity contribution in [3.63, 3.8) is 0 Å². The summed E-state index contributed by atoms with van der Waals surface area (Å²) in [5, 5.41) is 3.25. The molecule has 0 atom stereocenters. The van der Waals surface area contributed by atoms with Crippen molar-refractivity contribution in [1.82, 2.24) is 19.9 Å². The Hall–Kier alpha value is -3.52. The summed E-state index contributed by atoms with van der Waals surface area (Å²) in [6, 6.07) is 17.9. The van der Waals surface area contributed by atoms with Gasteiger partial charge in [-0.25, -0.2) is 15.0 Å². The number of hydrogen-bond acceptors (Lipinski definition) is 7. The van der Waals surface area contributed by atoms with E-state index in [4.69, 9.17) is 4.74 Å². The SMILES string of the molecule is Cc1nc(Nc2ccccn2)cc(N2CCN(C(=O)C3(c4ccccc4)CCOCC3)CC2)n1. The standard InChI is InChI=1S/C26H30N6O2/c1-20-28-23(30-22-9-5-6-12-27-22)19-24(29-20)31-13-15-32(16-14-31)25(33)26(10-17-34-18-11-26)21-7-3-2-4-8-21/h2-9,12,19H,10-11,13-18H2,1H3,(H,27,28,29,30). The van der Waals surface area contributed by atoms with Gasteiger partial charge < -0.3 is 19.9 Å². The fourth-order valence-corrected chi connectivity index (χ4v) is 4.89. The first-order valence-corrected chi connectivity index (χ1v) is 11.9. The molecule has 2 aliphatic heterocycles. The normalized spacial score (nSPS) is 17.9. The number of anilines is 3. The summed E-state index contributed by atoms with van der Waals surface area (Å²) >= 11 is 0. The van der Waals surface area contributed by atoms with Crippen LogP contribution in [-0.4, -0.2) is 65.2 Å². The molecule has 8 nitrogen and oxygen atoms in total. The number of nitrogens with zero attached hydrogens (tertiary/aromatic N) is 5. The van der Waals surface area contributed by atoms with Gasteiger partial charge in [0.25, 0.3) is 0 Å². The van der Waals surface area contributed by atoms with Gasteiger partial charge in [-0.2, -0.15) is 0 Å². The van der Waals surface area contributed by atoms with Crippen LogP contribution in [0.1, 0.15) is 24.2 Å². The Morgan fingerprint density at radius 3 is 2.38 bits per heavy atom. The number of ether oxygens (including phenoxy) is 1. The van der Waals surface area contributed by atoms with E-state index in [-0.39, 0.29) is 5.91 Å². The van der Waals surface area contributed by atoms with Gasteiger partial charge in [0.05, 0.1) is 5.41 Å². The Bertz CT molecular complexity index is 1110. The van der Waals surface area contributed by atoms with E-state index in [1.807, 2.05) is 54.3 Å². The highest BCUT2D eigenvalue weighted by Crippen LogP contribution is 2.37. The maximum absolute atomic E-state index is 13.8. The number of aromatic nitrogens is 3. The molecule has 1 aromatic carbocycles. The largest absolute Gasteiger partial charge is 0.381 e. The number of carbonyl (C=O) groups excluding carboxylic acids is 1. The third kappa shape index (κ3) is 4.59. The number of piperazine rings is 1. The van der Waals surface area contributed by atoms with Crippen molar-refractivity contribution < 1.29 is 9.53 Å². The van der Waals surface area contributed by atoms with Gasteiger partial charge in [-0.1, -0.05) is 36.4 Å². The van der Waals surface area contributed by atoms with Gasteiger partial charge in [0.15, 0.2) is 0 Å². The highest BCUT2D eigenvalue weighted by Gasteiger charge is 2.44. The average Bonchev–Trinajstić information content (AvgIpc) is 2.89. The zero-order valence-electron chi connectivity index (χ0n) is 19.5. The highest BCUT2D eigenvalue weighted by atomic mass is 16.5. The molecule has 0 saturated carbocycles. The molecule has 8 heteroatoms. The van der Waals surface area contributed by atoms with Gasteiger partial charge in [-0.05, 0) is 37.5 Å². The molecule has 0 bridgehead atoms. The van der Waals surface area contributed by atoms with Gasteiger partial charge in [-0.15, -0.1) is 0 Å². The molecule has 1 N–H and O–H groups in total. The van der Waals surface area contributed by atoms with E-state index in [2.05, 4.69) is 37.3 Å². The smallest absolute Gasteiger partial charge is 0.233 e. The minimum absolute atomic E-state index is 0.220.